The number of hydrogen-bond donors (Lipinski definition) is 4. The Bertz CT molecular complexity index is 490. The molecule has 1 aliphatic rings. The molecule has 1 aromatic heterocycles. The van der Waals surface area contributed by atoms with Crippen LogP contribution in [0.2, 0.25) is 0 Å². The fraction of sp³-hybridized carbons (Fsp3) is 0.583. The Labute approximate surface area is 115 Å². The summed E-state index contributed by atoms with van der Waals surface area (Å²) in [6.45, 7) is 2.16. The average Bonchev–Trinajstić information content (AvgIpc) is 3.00. The number of rotatable bonds is 5. The van der Waals surface area contributed by atoms with Gasteiger partial charge in [0.2, 0.25) is 5.91 Å². The molecule has 0 aromatic carbocycles. The molecule has 2 heterocycles. The van der Waals surface area contributed by atoms with Gasteiger partial charge in [0.1, 0.15) is 6.04 Å². The van der Waals surface area contributed by atoms with Crippen molar-refractivity contribution in [3.8, 4) is 0 Å². The zero-order chi connectivity index (χ0) is 14.8. The van der Waals surface area contributed by atoms with Gasteiger partial charge in [-0.15, -0.1) is 0 Å². The number of ether oxygens (including phenoxy) is 1. The Morgan fingerprint density at radius 2 is 2.50 bits per heavy atom. The third-order valence-corrected chi connectivity index (χ3v) is 3.62. The zero-order valence-corrected chi connectivity index (χ0v) is 11.1. The third-order valence-electron chi connectivity index (χ3n) is 3.62. The molecule has 0 saturated carbocycles. The van der Waals surface area contributed by atoms with Gasteiger partial charge in [0, 0.05) is 24.4 Å². The Balaban J connectivity index is 2.04. The minimum atomic E-state index is -1.11. The summed E-state index contributed by atoms with van der Waals surface area (Å²) < 4.78 is 5.19. The number of nitrogens with one attached hydrogen (secondary N) is 2. The second-order valence-corrected chi connectivity index (χ2v) is 5.18. The van der Waals surface area contributed by atoms with Crippen molar-refractivity contribution in [2.45, 2.75) is 25.4 Å². The van der Waals surface area contributed by atoms with Crippen molar-refractivity contribution in [1.82, 2.24) is 15.3 Å². The van der Waals surface area contributed by atoms with E-state index in [-0.39, 0.29) is 13.0 Å². The number of amides is 1. The number of aromatic nitrogens is 2. The maximum absolute atomic E-state index is 12.3. The van der Waals surface area contributed by atoms with Crippen molar-refractivity contribution in [2.24, 2.45) is 11.1 Å². The summed E-state index contributed by atoms with van der Waals surface area (Å²) in [6, 6.07) is -1.48. The molecule has 1 aliphatic heterocycles. The number of carboxylic acid groups (broad SMARTS) is 1. The molecule has 0 spiro atoms. The molecule has 5 N–H and O–H groups in total. The van der Waals surface area contributed by atoms with E-state index in [2.05, 4.69) is 15.3 Å². The molecule has 0 radical (unpaired) electrons. The van der Waals surface area contributed by atoms with Gasteiger partial charge in [-0.3, -0.25) is 4.79 Å². The smallest absolute Gasteiger partial charge is 0.326 e. The Morgan fingerprint density at radius 3 is 3.00 bits per heavy atom. The van der Waals surface area contributed by atoms with E-state index in [0.29, 0.717) is 12.3 Å². The quantitative estimate of drug-likeness (QED) is 0.541. The molecule has 8 nitrogen and oxygen atoms in total. The van der Waals surface area contributed by atoms with Crippen LogP contribution in [-0.2, 0) is 20.7 Å². The number of carboxylic acids is 1. The minimum absolute atomic E-state index is 0.132. The summed E-state index contributed by atoms with van der Waals surface area (Å²) in [7, 11) is 0. The number of H-pyrrole nitrogens is 1. The van der Waals surface area contributed by atoms with Crippen LogP contribution in [0.1, 0.15) is 12.6 Å². The topological polar surface area (TPSA) is 130 Å². The fourth-order valence-electron chi connectivity index (χ4n) is 2.06. The molecule has 1 saturated heterocycles. The lowest BCUT2D eigenvalue weighted by atomic mass is 9.84. The van der Waals surface area contributed by atoms with Gasteiger partial charge >= 0.3 is 5.97 Å². The average molecular weight is 282 g/mol. The van der Waals surface area contributed by atoms with Crippen LogP contribution in [0, 0.1) is 5.41 Å². The summed E-state index contributed by atoms with van der Waals surface area (Å²) >= 11 is 0. The van der Waals surface area contributed by atoms with E-state index in [1.165, 1.54) is 12.5 Å². The Morgan fingerprint density at radius 1 is 1.75 bits per heavy atom. The zero-order valence-electron chi connectivity index (χ0n) is 11.1. The van der Waals surface area contributed by atoms with Crippen molar-refractivity contribution in [1.29, 1.82) is 0 Å². The number of nitrogens with zero attached hydrogens (tertiary/aromatic N) is 1. The normalized spacial score (nSPS) is 27.2. The van der Waals surface area contributed by atoms with Crippen molar-refractivity contribution >= 4 is 11.9 Å². The maximum Gasteiger partial charge on any atom is 0.326 e. The molecule has 20 heavy (non-hydrogen) atoms. The van der Waals surface area contributed by atoms with E-state index >= 15 is 0 Å². The first-order valence-electron chi connectivity index (χ1n) is 6.28. The van der Waals surface area contributed by atoms with Gasteiger partial charge in [0.05, 0.1) is 25.0 Å². The van der Waals surface area contributed by atoms with Gasteiger partial charge in [0.25, 0.3) is 0 Å². The maximum atomic E-state index is 12.3. The predicted molar refractivity (Wildman–Crippen MR) is 68.8 cm³/mol. The summed E-state index contributed by atoms with van der Waals surface area (Å²) in [6.07, 6.45) is 3.11. The lowest BCUT2D eigenvalue weighted by Crippen LogP contribution is -2.54. The first kappa shape index (κ1) is 14.5. The van der Waals surface area contributed by atoms with Crippen molar-refractivity contribution < 1.29 is 19.4 Å². The second kappa shape index (κ2) is 5.59. The van der Waals surface area contributed by atoms with Gasteiger partial charge in [-0.1, -0.05) is 0 Å². The molecule has 1 amide bonds. The molecule has 1 fully saturated rings. The summed E-state index contributed by atoms with van der Waals surface area (Å²) in [5.41, 5.74) is 5.59. The molecule has 110 valence electrons. The van der Waals surface area contributed by atoms with Crippen LogP contribution in [0.4, 0.5) is 0 Å². The first-order chi connectivity index (χ1) is 9.43. The van der Waals surface area contributed by atoms with Crippen molar-refractivity contribution in [3.63, 3.8) is 0 Å². The molecule has 1 aromatic rings. The first-order valence-corrected chi connectivity index (χ1v) is 6.28. The number of hydrogen-bond acceptors (Lipinski definition) is 5. The van der Waals surface area contributed by atoms with Gasteiger partial charge in [0.15, 0.2) is 0 Å². The Hall–Kier alpha value is -1.93. The molecule has 8 heteroatoms. The van der Waals surface area contributed by atoms with Crippen molar-refractivity contribution in [2.75, 3.05) is 13.2 Å². The number of aromatic amines is 1. The fourth-order valence-corrected chi connectivity index (χ4v) is 2.06. The van der Waals surface area contributed by atoms with E-state index in [4.69, 9.17) is 10.5 Å². The number of imidazole rings is 1. The van der Waals surface area contributed by atoms with Gasteiger partial charge in [-0.25, -0.2) is 9.78 Å². The highest BCUT2D eigenvalue weighted by Crippen LogP contribution is 2.27. The largest absolute Gasteiger partial charge is 0.480 e. The highest BCUT2D eigenvalue weighted by atomic mass is 16.5. The van der Waals surface area contributed by atoms with Gasteiger partial charge < -0.3 is 25.9 Å². The monoisotopic (exact) mass is 282 g/mol. The standard InChI is InChI=1S/C12H18N4O4/c1-12(5-20-4-9(12)13)11(19)16-8(10(17)18)2-7-3-14-6-15-7/h3,6,8-9H,2,4-5,13H2,1H3,(H,14,15)(H,16,19)(H,17,18)/t8-,9?,12?/m1/s1. The van der Waals surface area contributed by atoms with E-state index in [0.717, 1.165) is 0 Å². The predicted octanol–water partition coefficient (Wildman–Crippen LogP) is -1.11. The highest BCUT2D eigenvalue weighted by molar-refractivity contribution is 5.88. The second-order valence-electron chi connectivity index (χ2n) is 5.18. The molecule has 0 aliphatic carbocycles. The molecule has 3 atom stereocenters. The molecular weight excluding hydrogens is 264 g/mol. The molecule has 0 bridgehead atoms. The Kier molecular flexibility index (Phi) is 4.05. The van der Waals surface area contributed by atoms with Crippen LogP contribution < -0.4 is 11.1 Å². The molecular formula is C12H18N4O4. The summed E-state index contributed by atoms with van der Waals surface area (Å²) in [5, 5.41) is 11.7. The van der Waals surface area contributed by atoms with Crippen LogP contribution in [0.5, 0.6) is 0 Å². The van der Waals surface area contributed by atoms with E-state index < -0.39 is 29.4 Å². The van der Waals surface area contributed by atoms with Crippen LogP contribution in [0.25, 0.3) is 0 Å². The van der Waals surface area contributed by atoms with E-state index in [1.807, 2.05) is 0 Å². The van der Waals surface area contributed by atoms with Gasteiger partial charge in [-0.2, -0.15) is 0 Å². The van der Waals surface area contributed by atoms with Crippen molar-refractivity contribution in [3.05, 3.63) is 18.2 Å². The number of aliphatic carboxylic acids is 1. The van der Waals surface area contributed by atoms with E-state index in [9.17, 15) is 14.7 Å². The number of carbonyl (C=O) groups is 2. The summed E-state index contributed by atoms with van der Waals surface area (Å²) in [5.74, 6) is -1.52. The van der Waals surface area contributed by atoms with Gasteiger partial charge in [-0.05, 0) is 6.92 Å². The highest BCUT2D eigenvalue weighted by Gasteiger charge is 2.45. The van der Waals surface area contributed by atoms with E-state index in [1.54, 1.807) is 6.92 Å². The number of nitrogens with two attached hydrogens (primary N) is 1. The molecule has 2 rings (SSSR count). The summed E-state index contributed by atoms with van der Waals surface area (Å²) in [4.78, 5) is 30.1. The van der Waals surface area contributed by atoms with Crippen LogP contribution in [0.3, 0.4) is 0 Å². The molecule has 2 unspecified atom stereocenters. The third kappa shape index (κ3) is 2.81. The van der Waals surface area contributed by atoms with Crippen LogP contribution >= 0.6 is 0 Å². The van der Waals surface area contributed by atoms with Crippen LogP contribution in [-0.4, -0.2) is 52.2 Å². The minimum Gasteiger partial charge on any atom is -0.480 e. The number of carbonyl (C=O) groups excluding carboxylic acids is 1. The lowest BCUT2D eigenvalue weighted by molar-refractivity contribution is -0.143. The lowest BCUT2D eigenvalue weighted by Gasteiger charge is -2.27. The van der Waals surface area contributed by atoms with Crippen LogP contribution in [0.15, 0.2) is 12.5 Å². The SMILES string of the molecule is CC1(C(=O)N[C@H](Cc2cnc[nH]2)C(=O)O)COCC1N.